The molecule has 0 fully saturated rings. The number of hydrogen-bond donors (Lipinski definition) is 1. The minimum absolute atomic E-state index is 0.107. The molecule has 0 radical (unpaired) electrons. The van der Waals surface area contributed by atoms with Crippen molar-refractivity contribution in [3.63, 3.8) is 0 Å². The zero-order valence-electron chi connectivity index (χ0n) is 16.4. The number of carbonyl (C=O) groups excluding carboxylic acids is 1. The average molecular weight is 367 g/mol. The number of ether oxygens (including phenoxy) is 1. The van der Waals surface area contributed by atoms with Crippen LogP contribution in [0, 0.1) is 6.92 Å². The summed E-state index contributed by atoms with van der Waals surface area (Å²) >= 11 is 0. The molecule has 0 saturated carbocycles. The van der Waals surface area contributed by atoms with Gasteiger partial charge in [-0.1, -0.05) is 19.9 Å². The molecular formula is C22H25NO4. The molecule has 0 aliphatic carbocycles. The SMILES string of the molecule is CCN1C(=O)CC(C)(C)c2cc(C)c(-c3cc(C(=O)O)ccc3OC)cc21. The van der Waals surface area contributed by atoms with Gasteiger partial charge in [0.15, 0.2) is 0 Å². The number of fused-ring (bicyclic) bond motifs is 1. The first-order chi connectivity index (χ1) is 12.7. The van der Waals surface area contributed by atoms with E-state index < -0.39 is 5.97 Å². The van der Waals surface area contributed by atoms with Crippen LogP contribution in [0.1, 0.15) is 48.7 Å². The minimum atomic E-state index is -0.985. The fourth-order valence-electron chi connectivity index (χ4n) is 3.85. The number of nitrogens with zero attached hydrogens (tertiary/aromatic N) is 1. The van der Waals surface area contributed by atoms with E-state index in [0.29, 0.717) is 24.3 Å². The quantitative estimate of drug-likeness (QED) is 0.870. The Balaban J connectivity index is 2.28. The predicted octanol–water partition coefficient (Wildman–Crippen LogP) is 4.40. The summed E-state index contributed by atoms with van der Waals surface area (Å²) in [6.07, 6.45) is 0.477. The van der Waals surface area contributed by atoms with Crippen LogP contribution in [-0.2, 0) is 10.2 Å². The van der Waals surface area contributed by atoms with Gasteiger partial charge in [0.25, 0.3) is 0 Å². The maximum absolute atomic E-state index is 12.6. The number of aryl methyl sites for hydroxylation is 1. The zero-order valence-corrected chi connectivity index (χ0v) is 16.4. The van der Waals surface area contributed by atoms with Crippen molar-refractivity contribution in [3.8, 4) is 16.9 Å². The monoisotopic (exact) mass is 367 g/mol. The molecule has 27 heavy (non-hydrogen) atoms. The maximum atomic E-state index is 12.6. The van der Waals surface area contributed by atoms with Gasteiger partial charge in [-0.15, -0.1) is 0 Å². The number of methoxy groups -OCH3 is 1. The summed E-state index contributed by atoms with van der Waals surface area (Å²) in [6, 6.07) is 8.94. The lowest BCUT2D eigenvalue weighted by Crippen LogP contribution is -2.41. The summed E-state index contributed by atoms with van der Waals surface area (Å²) in [5, 5.41) is 9.37. The molecule has 0 spiro atoms. The Labute approximate surface area is 159 Å². The first-order valence-electron chi connectivity index (χ1n) is 9.06. The molecule has 0 unspecified atom stereocenters. The topological polar surface area (TPSA) is 66.8 Å². The molecule has 0 atom stereocenters. The van der Waals surface area contributed by atoms with Gasteiger partial charge in [0.05, 0.1) is 12.7 Å². The van der Waals surface area contributed by atoms with Crippen LogP contribution in [0.15, 0.2) is 30.3 Å². The van der Waals surface area contributed by atoms with Crippen LogP contribution in [-0.4, -0.2) is 30.6 Å². The molecular weight excluding hydrogens is 342 g/mol. The number of hydrogen-bond acceptors (Lipinski definition) is 3. The van der Waals surface area contributed by atoms with Crippen molar-refractivity contribution < 1.29 is 19.4 Å². The third kappa shape index (κ3) is 3.18. The second kappa shape index (κ2) is 6.72. The smallest absolute Gasteiger partial charge is 0.335 e. The predicted molar refractivity (Wildman–Crippen MR) is 106 cm³/mol. The van der Waals surface area contributed by atoms with E-state index in [9.17, 15) is 14.7 Å². The first kappa shape index (κ1) is 19.0. The number of carbonyl (C=O) groups is 2. The van der Waals surface area contributed by atoms with Crippen molar-refractivity contribution in [1.82, 2.24) is 0 Å². The van der Waals surface area contributed by atoms with Gasteiger partial charge in [0, 0.05) is 29.6 Å². The molecule has 2 aromatic carbocycles. The molecule has 1 aliphatic rings. The molecule has 3 rings (SSSR count). The highest BCUT2D eigenvalue weighted by molar-refractivity contribution is 5.99. The van der Waals surface area contributed by atoms with Gasteiger partial charge in [-0.05, 0) is 54.8 Å². The standard InChI is InChI=1S/C22H25NO4/c1-6-23-18-11-15(13(2)9-17(18)22(3,4)12-20(23)24)16-10-14(21(25)26)7-8-19(16)27-5/h7-11H,6,12H2,1-5H3,(H,25,26). The van der Waals surface area contributed by atoms with E-state index >= 15 is 0 Å². The lowest BCUT2D eigenvalue weighted by Gasteiger charge is -2.39. The van der Waals surface area contributed by atoms with Crippen LogP contribution in [0.5, 0.6) is 5.75 Å². The highest BCUT2D eigenvalue weighted by Gasteiger charge is 2.36. The first-order valence-corrected chi connectivity index (χ1v) is 9.06. The normalized spacial score (nSPS) is 15.4. The van der Waals surface area contributed by atoms with Crippen LogP contribution in [0.25, 0.3) is 11.1 Å². The maximum Gasteiger partial charge on any atom is 0.335 e. The van der Waals surface area contributed by atoms with E-state index in [2.05, 4.69) is 19.9 Å². The van der Waals surface area contributed by atoms with E-state index in [1.54, 1.807) is 24.1 Å². The highest BCUT2D eigenvalue weighted by Crippen LogP contribution is 2.44. The van der Waals surface area contributed by atoms with E-state index in [0.717, 1.165) is 22.4 Å². The lowest BCUT2D eigenvalue weighted by molar-refractivity contribution is -0.120. The van der Waals surface area contributed by atoms with Gasteiger partial charge in [0.1, 0.15) is 5.75 Å². The third-order valence-electron chi connectivity index (χ3n) is 5.31. The Hall–Kier alpha value is -2.82. The lowest BCUT2D eigenvalue weighted by atomic mass is 9.75. The van der Waals surface area contributed by atoms with Gasteiger partial charge in [-0.3, -0.25) is 4.79 Å². The van der Waals surface area contributed by atoms with Gasteiger partial charge in [-0.25, -0.2) is 4.79 Å². The molecule has 0 bridgehead atoms. The Morgan fingerprint density at radius 3 is 2.52 bits per heavy atom. The Morgan fingerprint density at radius 1 is 1.22 bits per heavy atom. The van der Waals surface area contributed by atoms with Crippen LogP contribution >= 0.6 is 0 Å². The van der Waals surface area contributed by atoms with Crippen LogP contribution in [0.4, 0.5) is 5.69 Å². The summed E-state index contributed by atoms with van der Waals surface area (Å²) in [5.41, 5.74) is 4.59. The molecule has 5 heteroatoms. The van der Waals surface area contributed by atoms with Crippen molar-refractivity contribution in [3.05, 3.63) is 47.0 Å². The zero-order chi connectivity index (χ0) is 19.9. The van der Waals surface area contributed by atoms with Crippen LogP contribution < -0.4 is 9.64 Å². The number of carboxylic acids is 1. The number of benzene rings is 2. The molecule has 1 amide bonds. The summed E-state index contributed by atoms with van der Waals surface area (Å²) in [4.78, 5) is 25.9. The molecule has 0 saturated heterocycles. The van der Waals surface area contributed by atoms with Crippen molar-refractivity contribution in [2.24, 2.45) is 0 Å². The van der Waals surface area contributed by atoms with E-state index in [1.165, 1.54) is 6.07 Å². The Bertz CT molecular complexity index is 930. The number of anilines is 1. The second-order valence-electron chi connectivity index (χ2n) is 7.60. The van der Waals surface area contributed by atoms with Crippen molar-refractivity contribution in [2.45, 2.75) is 39.5 Å². The van der Waals surface area contributed by atoms with Gasteiger partial charge in [-0.2, -0.15) is 0 Å². The molecule has 1 N–H and O–H groups in total. The number of amides is 1. The van der Waals surface area contributed by atoms with Crippen molar-refractivity contribution in [1.29, 1.82) is 0 Å². The third-order valence-corrected chi connectivity index (χ3v) is 5.31. The molecule has 2 aromatic rings. The number of aromatic carboxylic acids is 1. The average Bonchev–Trinajstić information content (AvgIpc) is 2.61. The van der Waals surface area contributed by atoms with Crippen molar-refractivity contribution in [2.75, 3.05) is 18.6 Å². The Kier molecular flexibility index (Phi) is 4.72. The summed E-state index contributed by atoms with van der Waals surface area (Å²) < 4.78 is 5.48. The molecule has 1 aliphatic heterocycles. The number of carboxylic acid groups (broad SMARTS) is 1. The van der Waals surface area contributed by atoms with E-state index in [1.807, 2.05) is 19.9 Å². The number of rotatable bonds is 4. The molecule has 1 heterocycles. The van der Waals surface area contributed by atoms with E-state index in [-0.39, 0.29) is 16.9 Å². The fourth-order valence-corrected chi connectivity index (χ4v) is 3.85. The molecule has 142 valence electrons. The largest absolute Gasteiger partial charge is 0.496 e. The molecule has 5 nitrogen and oxygen atoms in total. The highest BCUT2D eigenvalue weighted by atomic mass is 16.5. The van der Waals surface area contributed by atoms with Gasteiger partial charge in [0.2, 0.25) is 5.91 Å². The summed E-state index contributed by atoms with van der Waals surface area (Å²) in [6.45, 7) is 8.73. The summed E-state index contributed by atoms with van der Waals surface area (Å²) in [7, 11) is 1.57. The van der Waals surface area contributed by atoms with E-state index in [4.69, 9.17) is 4.74 Å². The van der Waals surface area contributed by atoms with Crippen LogP contribution in [0.3, 0.4) is 0 Å². The fraction of sp³-hybridized carbons (Fsp3) is 0.364. The van der Waals surface area contributed by atoms with Gasteiger partial charge < -0.3 is 14.7 Å². The Morgan fingerprint density at radius 2 is 1.93 bits per heavy atom. The minimum Gasteiger partial charge on any atom is -0.496 e. The second-order valence-corrected chi connectivity index (χ2v) is 7.60. The van der Waals surface area contributed by atoms with Crippen molar-refractivity contribution >= 4 is 17.6 Å². The van der Waals surface area contributed by atoms with Crippen LogP contribution in [0.2, 0.25) is 0 Å². The van der Waals surface area contributed by atoms with Gasteiger partial charge >= 0.3 is 5.97 Å². The summed E-state index contributed by atoms with van der Waals surface area (Å²) in [5.74, 6) is -0.274. The molecule has 0 aromatic heterocycles.